The Morgan fingerprint density at radius 2 is 2.00 bits per heavy atom. The van der Waals surface area contributed by atoms with Gasteiger partial charge >= 0.3 is 0 Å². The van der Waals surface area contributed by atoms with Gasteiger partial charge in [0.1, 0.15) is 0 Å². The number of benzene rings is 1. The van der Waals surface area contributed by atoms with E-state index in [0.29, 0.717) is 0 Å². The van der Waals surface area contributed by atoms with Crippen LogP contribution in [0.25, 0.3) is 12.2 Å². The standard InChI is InChI=1S/C13H13Cl/c14-13-6-5-11-7-10(9-1-2-9)3-4-12(11)8-13/h4-10H,1-3H2. The van der Waals surface area contributed by atoms with Crippen molar-refractivity contribution in [3.05, 3.63) is 33.7 Å². The predicted molar refractivity (Wildman–Crippen MR) is 60.5 cm³/mol. The summed E-state index contributed by atoms with van der Waals surface area (Å²) in [6, 6.07) is 6.19. The van der Waals surface area contributed by atoms with Crippen molar-refractivity contribution in [1.82, 2.24) is 0 Å². The lowest BCUT2D eigenvalue weighted by Crippen LogP contribution is -2.29. The molecule has 1 fully saturated rings. The van der Waals surface area contributed by atoms with Crippen molar-refractivity contribution in [2.75, 3.05) is 0 Å². The second-order valence-electron chi connectivity index (χ2n) is 4.38. The minimum absolute atomic E-state index is 0.795. The van der Waals surface area contributed by atoms with E-state index in [4.69, 9.17) is 11.6 Å². The minimum Gasteiger partial charge on any atom is -0.0843 e. The Morgan fingerprint density at radius 1 is 1.14 bits per heavy atom. The molecule has 1 atom stereocenters. The van der Waals surface area contributed by atoms with Gasteiger partial charge in [0.2, 0.25) is 0 Å². The molecule has 2 aliphatic rings. The molecule has 0 amide bonds. The zero-order valence-electron chi connectivity index (χ0n) is 8.04. The Bertz CT molecular complexity index is 468. The molecule has 0 radical (unpaired) electrons. The topological polar surface area (TPSA) is 0 Å². The number of hydrogen-bond donors (Lipinski definition) is 0. The highest BCUT2D eigenvalue weighted by Gasteiger charge is 2.29. The largest absolute Gasteiger partial charge is 0.0843 e. The van der Waals surface area contributed by atoms with Crippen LogP contribution in [-0.4, -0.2) is 0 Å². The number of rotatable bonds is 1. The van der Waals surface area contributed by atoms with Gasteiger partial charge in [-0.3, -0.25) is 0 Å². The average molecular weight is 205 g/mol. The Labute approximate surface area is 88.9 Å². The summed E-state index contributed by atoms with van der Waals surface area (Å²) < 4.78 is 0. The molecule has 0 nitrogen and oxygen atoms in total. The van der Waals surface area contributed by atoms with Crippen molar-refractivity contribution in [2.45, 2.75) is 19.3 Å². The quantitative estimate of drug-likeness (QED) is 0.659. The maximum absolute atomic E-state index is 5.95. The summed E-state index contributed by atoms with van der Waals surface area (Å²) in [6.07, 6.45) is 8.83. The molecule has 0 saturated heterocycles. The van der Waals surface area contributed by atoms with Crippen LogP contribution in [0.3, 0.4) is 0 Å². The van der Waals surface area contributed by atoms with Gasteiger partial charge in [0, 0.05) is 5.02 Å². The molecule has 1 aromatic carbocycles. The normalized spacial score (nSPS) is 24.8. The van der Waals surface area contributed by atoms with Crippen molar-refractivity contribution in [3.63, 3.8) is 0 Å². The van der Waals surface area contributed by atoms with E-state index >= 15 is 0 Å². The molecule has 0 bridgehead atoms. The SMILES string of the molecule is Clc1ccc2c(c1)=CCC(C1CC1)C=2. The van der Waals surface area contributed by atoms with Crippen LogP contribution in [0, 0.1) is 11.8 Å². The maximum Gasteiger partial charge on any atom is 0.0412 e. The van der Waals surface area contributed by atoms with Crippen LogP contribution in [0.2, 0.25) is 5.02 Å². The fourth-order valence-corrected chi connectivity index (χ4v) is 2.47. The molecular weight excluding hydrogens is 192 g/mol. The van der Waals surface area contributed by atoms with Crippen LogP contribution in [-0.2, 0) is 0 Å². The van der Waals surface area contributed by atoms with Gasteiger partial charge in [-0.1, -0.05) is 29.8 Å². The van der Waals surface area contributed by atoms with E-state index in [1.54, 1.807) is 0 Å². The monoisotopic (exact) mass is 204 g/mol. The number of fused-ring (bicyclic) bond motifs is 1. The molecule has 1 saturated carbocycles. The van der Waals surface area contributed by atoms with Crippen molar-refractivity contribution < 1.29 is 0 Å². The summed E-state index contributed by atoms with van der Waals surface area (Å²) in [7, 11) is 0. The molecule has 3 rings (SSSR count). The fraction of sp³-hybridized carbons (Fsp3) is 0.385. The van der Waals surface area contributed by atoms with E-state index in [1.807, 2.05) is 6.07 Å². The third-order valence-electron chi connectivity index (χ3n) is 3.28. The Balaban J connectivity index is 2.09. The lowest BCUT2D eigenvalue weighted by Gasteiger charge is -2.12. The lowest BCUT2D eigenvalue weighted by molar-refractivity contribution is 0.617. The summed E-state index contributed by atoms with van der Waals surface area (Å²) in [5.74, 6) is 1.76. The second-order valence-corrected chi connectivity index (χ2v) is 4.82. The van der Waals surface area contributed by atoms with Crippen molar-refractivity contribution in [3.8, 4) is 0 Å². The van der Waals surface area contributed by atoms with Crippen LogP contribution in [0.15, 0.2) is 18.2 Å². The summed E-state index contributed by atoms with van der Waals surface area (Å²) in [5, 5.41) is 3.53. The van der Waals surface area contributed by atoms with Gasteiger partial charge < -0.3 is 0 Å². The number of halogens is 1. The van der Waals surface area contributed by atoms with Crippen molar-refractivity contribution in [2.24, 2.45) is 11.8 Å². The van der Waals surface area contributed by atoms with Crippen LogP contribution in [0.1, 0.15) is 19.3 Å². The first-order valence-corrected chi connectivity index (χ1v) is 5.68. The molecule has 72 valence electrons. The van der Waals surface area contributed by atoms with Crippen molar-refractivity contribution in [1.29, 1.82) is 0 Å². The molecule has 0 spiro atoms. The molecule has 1 aromatic rings. The fourth-order valence-electron chi connectivity index (χ4n) is 2.29. The van der Waals surface area contributed by atoms with Gasteiger partial charge in [0.05, 0.1) is 0 Å². The van der Waals surface area contributed by atoms with E-state index in [9.17, 15) is 0 Å². The predicted octanol–water partition coefficient (Wildman–Crippen LogP) is 2.33. The smallest absolute Gasteiger partial charge is 0.0412 e. The third-order valence-corrected chi connectivity index (χ3v) is 3.52. The first-order chi connectivity index (χ1) is 6.83. The highest BCUT2D eigenvalue weighted by atomic mass is 35.5. The molecule has 0 aromatic heterocycles. The molecule has 14 heavy (non-hydrogen) atoms. The third kappa shape index (κ3) is 1.48. The highest BCUT2D eigenvalue weighted by molar-refractivity contribution is 6.30. The Kier molecular flexibility index (Phi) is 1.91. The zero-order valence-corrected chi connectivity index (χ0v) is 8.80. The molecule has 1 unspecified atom stereocenters. The summed E-state index contributed by atoms with van der Waals surface area (Å²) in [6.45, 7) is 0. The summed E-state index contributed by atoms with van der Waals surface area (Å²) >= 11 is 5.95. The molecular formula is C13H13Cl. The molecule has 0 heterocycles. The Morgan fingerprint density at radius 3 is 2.79 bits per heavy atom. The first-order valence-electron chi connectivity index (χ1n) is 5.30. The average Bonchev–Trinajstić information content (AvgIpc) is 3.00. The van der Waals surface area contributed by atoms with Gasteiger partial charge in [0.25, 0.3) is 0 Å². The van der Waals surface area contributed by atoms with Gasteiger partial charge in [-0.15, -0.1) is 0 Å². The second kappa shape index (κ2) is 3.13. The Hall–Kier alpha value is -0.750. The van der Waals surface area contributed by atoms with Crippen LogP contribution < -0.4 is 10.4 Å². The van der Waals surface area contributed by atoms with E-state index in [2.05, 4.69) is 24.3 Å². The van der Waals surface area contributed by atoms with E-state index in [-0.39, 0.29) is 0 Å². The number of hydrogen-bond acceptors (Lipinski definition) is 0. The van der Waals surface area contributed by atoms with Crippen molar-refractivity contribution >= 4 is 23.8 Å². The van der Waals surface area contributed by atoms with Gasteiger partial charge in [0.15, 0.2) is 0 Å². The maximum atomic E-state index is 5.95. The van der Waals surface area contributed by atoms with Gasteiger partial charge in [-0.25, -0.2) is 0 Å². The highest BCUT2D eigenvalue weighted by Crippen LogP contribution is 2.39. The van der Waals surface area contributed by atoms with Crippen LogP contribution in [0.5, 0.6) is 0 Å². The van der Waals surface area contributed by atoms with Crippen LogP contribution in [0.4, 0.5) is 0 Å². The summed E-state index contributed by atoms with van der Waals surface area (Å²) in [5.41, 5.74) is 0. The first kappa shape index (κ1) is 8.55. The summed E-state index contributed by atoms with van der Waals surface area (Å²) in [4.78, 5) is 0. The van der Waals surface area contributed by atoms with Gasteiger partial charge in [-0.2, -0.15) is 0 Å². The molecule has 0 N–H and O–H groups in total. The van der Waals surface area contributed by atoms with Gasteiger partial charge in [-0.05, 0) is 53.7 Å². The van der Waals surface area contributed by atoms with E-state index < -0.39 is 0 Å². The van der Waals surface area contributed by atoms with E-state index in [1.165, 1.54) is 29.7 Å². The lowest BCUT2D eigenvalue weighted by atomic mass is 9.93. The minimum atomic E-state index is 0.795. The zero-order chi connectivity index (χ0) is 9.54. The molecule has 1 heteroatoms. The van der Waals surface area contributed by atoms with E-state index in [0.717, 1.165) is 16.9 Å². The molecule has 2 aliphatic carbocycles. The van der Waals surface area contributed by atoms with Crippen LogP contribution >= 0.6 is 11.6 Å². The molecule has 0 aliphatic heterocycles.